The molecule has 1 aromatic carbocycles. The van der Waals surface area contributed by atoms with Gasteiger partial charge >= 0.3 is 0 Å². The lowest BCUT2D eigenvalue weighted by atomic mass is 9.90. The predicted octanol–water partition coefficient (Wildman–Crippen LogP) is 0.824. The molecule has 0 aromatic heterocycles. The summed E-state index contributed by atoms with van der Waals surface area (Å²) in [6.07, 6.45) is 3.65. The second kappa shape index (κ2) is 7.60. The Morgan fingerprint density at radius 3 is 2.55 bits per heavy atom. The first-order valence-corrected chi connectivity index (χ1v) is 11.9. The van der Waals surface area contributed by atoms with Crippen molar-refractivity contribution in [2.45, 2.75) is 37.8 Å². The second-order valence-electron chi connectivity index (χ2n) is 8.22. The molecule has 0 atom stereocenters. The van der Waals surface area contributed by atoms with E-state index in [1.807, 2.05) is 24.3 Å². The number of carbonyl (C=O) groups excluding carboxylic acids is 2. The van der Waals surface area contributed by atoms with E-state index < -0.39 is 15.6 Å². The Balaban J connectivity index is 1.48. The highest BCUT2D eigenvalue weighted by Crippen LogP contribution is 2.36. The van der Waals surface area contributed by atoms with Gasteiger partial charge in [-0.1, -0.05) is 18.2 Å². The third kappa shape index (κ3) is 4.25. The Morgan fingerprint density at radius 1 is 1.17 bits per heavy atom. The molecule has 0 radical (unpaired) electrons. The highest BCUT2D eigenvalue weighted by Gasteiger charge is 2.43. The fourth-order valence-electron chi connectivity index (χ4n) is 4.36. The van der Waals surface area contributed by atoms with Crippen molar-refractivity contribution in [3.05, 3.63) is 29.8 Å². The van der Waals surface area contributed by atoms with Crippen LogP contribution >= 0.6 is 0 Å². The van der Waals surface area contributed by atoms with Crippen molar-refractivity contribution in [2.75, 3.05) is 39.0 Å². The molecule has 1 spiro atoms. The fraction of sp³-hybridized carbons (Fsp3) is 0.600. The first-order valence-electron chi connectivity index (χ1n) is 10.0. The van der Waals surface area contributed by atoms with Gasteiger partial charge in [0.05, 0.1) is 19.3 Å². The van der Waals surface area contributed by atoms with Crippen molar-refractivity contribution in [3.8, 4) is 5.75 Å². The Hall–Kier alpha value is -2.13. The van der Waals surface area contributed by atoms with E-state index in [1.54, 1.807) is 9.80 Å². The van der Waals surface area contributed by atoms with E-state index in [-0.39, 0.29) is 31.4 Å². The van der Waals surface area contributed by atoms with Gasteiger partial charge in [0.25, 0.3) is 0 Å². The molecule has 9 heteroatoms. The lowest BCUT2D eigenvalue weighted by Crippen LogP contribution is -2.56. The monoisotopic (exact) mass is 421 g/mol. The molecule has 29 heavy (non-hydrogen) atoms. The van der Waals surface area contributed by atoms with Gasteiger partial charge in [-0.15, -0.1) is 0 Å². The number of sulfonamides is 1. The molecule has 3 aliphatic heterocycles. The number of rotatable bonds is 3. The summed E-state index contributed by atoms with van der Waals surface area (Å²) in [4.78, 5) is 27.8. The zero-order valence-electron chi connectivity index (χ0n) is 16.7. The number of carbonyl (C=O) groups is 2. The summed E-state index contributed by atoms with van der Waals surface area (Å²) >= 11 is 0. The maximum absolute atomic E-state index is 12.6. The van der Waals surface area contributed by atoms with Crippen molar-refractivity contribution in [2.24, 2.45) is 0 Å². The largest absolute Gasteiger partial charge is 0.485 e. The van der Waals surface area contributed by atoms with Gasteiger partial charge in [-0.25, -0.2) is 8.42 Å². The zero-order chi connectivity index (χ0) is 20.6. The van der Waals surface area contributed by atoms with Crippen LogP contribution in [0.25, 0.3) is 0 Å². The minimum absolute atomic E-state index is 0.0410. The van der Waals surface area contributed by atoms with E-state index in [0.29, 0.717) is 44.6 Å². The normalized spacial score (nSPS) is 22.3. The van der Waals surface area contributed by atoms with E-state index in [4.69, 9.17) is 4.74 Å². The number of ether oxygens (including phenoxy) is 1. The third-order valence-electron chi connectivity index (χ3n) is 6.10. The molecule has 3 aliphatic rings. The lowest BCUT2D eigenvalue weighted by molar-refractivity contribution is -0.140. The molecule has 8 nitrogen and oxygen atoms in total. The van der Waals surface area contributed by atoms with E-state index in [2.05, 4.69) is 0 Å². The van der Waals surface area contributed by atoms with E-state index in [0.717, 1.165) is 12.0 Å². The standard InChI is InChI=1S/C20H27N3O5S/c1-29(26,27)23-13-16-5-2-3-6-17(16)28-20(15-23)8-11-21(12-9-20)19(25)14-22-10-4-7-18(22)24/h2-3,5-6H,4,7-15H2,1H3. The van der Waals surface area contributed by atoms with Gasteiger partial charge in [0.2, 0.25) is 21.8 Å². The first-order chi connectivity index (χ1) is 13.8. The maximum atomic E-state index is 12.6. The summed E-state index contributed by atoms with van der Waals surface area (Å²) in [5.41, 5.74) is 0.191. The maximum Gasteiger partial charge on any atom is 0.242 e. The van der Waals surface area contributed by atoms with Crippen molar-refractivity contribution in [1.29, 1.82) is 0 Å². The summed E-state index contributed by atoms with van der Waals surface area (Å²) < 4.78 is 32.5. The zero-order valence-corrected chi connectivity index (χ0v) is 17.5. The number of hydrogen-bond acceptors (Lipinski definition) is 5. The topological polar surface area (TPSA) is 87.2 Å². The first kappa shape index (κ1) is 20.2. The predicted molar refractivity (Wildman–Crippen MR) is 107 cm³/mol. The van der Waals surface area contributed by atoms with Crippen LogP contribution < -0.4 is 4.74 Å². The number of amides is 2. The Morgan fingerprint density at radius 2 is 1.90 bits per heavy atom. The summed E-state index contributed by atoms with van der Waals surface area (Å²) in [6, 6.07) is 7.52. The summed E-state index contributed by atoms with van der Waals surface area (Å²) in [5, 5.41) is 0. The molecule has 2 amide bonds. The number of likely N-dealkylation sites (tertiary alicyclic amines) is 2. The summed E-state index contributed by atoms with van der Waals surface area (Å²) in [6.45, 7) is 2.31. The SMILES string of the molecule is CS(=O)(=O)N1Cc2ccccc2OC2(CCN(C(=O)CN3CCCC3=O)CC2)C1. The van der Waals surface area contributed by atoms with Gasteiger partial charge in [0.1, 0.15) is 11.4 Å². The minimum Gasteiger partial charge on any atom is -0.485 e. The lowest BCUT2D eigenvalue weighted by Gasteiger charge is -2.42. The molecule has 0 saturated carbocycles. The van der Waals surface area contributed by atoms with Crippen molar-refractivity contribution < 1.29 is 22.7 Å². The van der Waals surface area contributed by atoms with Gasteiger partial charge < -0.3 is 14.5 Å². The quantitative estimate of drug-likeness (QED) is 0.721. The van der Waals surface area contributed by atoms with E-state index >= 15 is 0 Å². The molecule has 0 bridgehead atoms. The number of fused-ring (bicyclic) bond motifs is 1. The number of piperidine rings is 1. The molecular formula is C20H27N3O5S. The van der Waals surface area contributed by atoms with Crippen molar-refractivity contribution in [3.63, 3.8) is 0 Å². The molecule has 1 aromatic rings. The van der Waals surface area contributed by atoms with E-state index in [9.17, 15) is 18.0 Å². The molecule has 4 rings (SSSR count). The Kier molecular flexibility index (Phi) is 5.29. The molecule has 0 N–H and O–H groups in total. The van der Waals surface area contributed by atoms with Gasteiger partial charge in [-0.05, 0) is 12.5 Å². The number of benzene rings is 1. The Labute approximate surface area is 171 Å². The van der Waals surface area contributed by atoms with Crippen LogP contribution in [0.1, 0.15) is 31.2 Å². The number of hydrogen-bond donors (Lipinski definition) is 0. The van der Waals surface area contributed by atoms with Crippen LogP contribution in [0.5, 0.6) is 5.75 Å². The smallest absolute Gasteiger partial charge is 0.242 e. The van der Waals surface area contributed by atoms with Crippen molar-refractivity contribution in [1.82, 2.24) is 14.1 Å². The minimum atomic E-state index is -3.39. The summed E-state index contributed by atoms with van der Waals surface area (Å²) in [7, 11) is -3.39. The van der Waals surface area contributed by atoms with Gasteiger partial charge in [0, 0.05) is 51.0 Å². The van der Waals surface area contributed by atoms with Crippen LogP contribution in [0.2, 0.25) is 0 Å². The van der Waals surface area contributed by atoms with Gasteiger partial charge in [0.15, 0.2) is 0 Å². The molecule has 2 fully saturated rings. The third-order valence-corrected chi connectivity index (χ3v) is 7.30. The number of para-hydroxylation sites is 1. The summed E-state index contributed by atoms with van der Waals surface area (Å²) in [5.74, 6) is 0.699. The highest BCUT2D eigenvalue weighted by atomic mass is 32.2. The van der Waals surface area contributed by atoms with Crippen LogP contribution in [-0.4, -0.2) is 78.9 Å². The van der Waals surface area contributed by atoms with Crippen LogP contribution in [-0.2, 0) is 26.2 Å². The van der Waals surface area contributed by atoms with Crippen LogP contribution in [0.3, 0.4) is 0 Å². The highest BCUT2D eigenvalue weighted by molar-refractivity contribution is 7.88. The van der Waals surface area contributed by atoms with Crippen molar-refractivity contribution >= 4 is 21.8 Å². The van der Waals surface area contributed by atoms with Crippen LogP contribution in [0.15, 0.2) is 24.3 Å². The molecule has 2 saturated heterocycles. The second-order valence-corrected chi connectivity index (χ2v) is 10.2. The van der Waals surface area contributed by atoms with Gasteiger partial charge in [-0.3, -0.25) is 9.59 Å². The molecule has 3 heterocycles. The fourth-order valence-corrected chi connectivity index (χ4v) is 5.20. The van der Waals surface area contributed by atoms with Crippen LogP contribution in [0.4, 0.5) is 0 Å². The Bertz CT molecular complexity index is 908. The van der Waals surface area contributed by atoms with Gasteiger partial charge in [-0.2, -0.15) is 4.31 Å². The average Bonchev–Trinajstić information content (AvgIpc) is 2.98. The molecular weight excluding hydrogens is 394 g/mol. The van der Waals surface area contributed by atoms with E-state index in [1.165, 1.54) is 10.6 Å². The number of nitrogens with zero attached hydrogens (tertiary/aromatic N) is 3. The average molecular weight is 422 g/mol. The molecule has 0 unspecified atom stereocenters. The molecule has 0 aliphatic carbocycles. The van der Waals surface area contributed by atoms with Crippen LogP contribution in [0, 0.1) is 0 Å². The molecule has 158 valence electrons.